The molecule has 4 aromatic rings. The number of nitrogens with one attached hydrogen (secondary N) is 1. The van der Waals surface area contributed by atoms with E-state index in [1.54, 1.807) is 4.68 Å². The Morgan fingerprint density at radius 3 is 2.93 bits per heavy atom. The predicted molar refractivity (Wildman–Crippen MR) is 118 cm³/mol. The molecule has 1 aliphatic heterocycles. The molecule has 5 rings (SSSR count). The number of imidazole rings is 1. The van der Waals surface area contributed by atoms with Gasteiger partial charge in [-0.05, 0) is 63.4 Å². The quantitative estimate of drug-likeness (QED) is 0.568. The van der Waals surface area contributed by atoms with E-state index in [0.717, 1.165) is 59.4 Å². The molecular weight excluding hydrogens is 376 g/mol. The van der Waals surface area contributed by atoms with E-state index in [1.165, 1.54) is 0 Å². The number of benzene rings is 1. The third kappa shape index (κ3) is 3.19. The molecule has 1 fully saturated rings. The summed E-state index contributed by atoms with van der Waals surface area (Å²) >= 11 is 0. The Bertz CT molecular complexity index is 1300. The van der Waals surface area contributed by atoms with Crippen molar-refractivity contribution in [3.63, 3.8) is 0 Å². The van der Waals surface area contributed by atoms with Crippen molar-refractivity contribution in [1.82, 2.24) is 29.7 Å². The molecule has 0 unspecified atom stereocenters. The Balaban J connectivity index is 1.55. The highest BCUT2D eigenvalue weighted by Crippen LogP contribution is 2.25. The van der Waals surface area contributed by atoms with Crippen LogP contribution in [0.5, 0.6) is 0 Å². The summed E-state index contributed by atoms with van der Waals surface area (Å²) in [6.45, 7) is 7.11. The van der Waals surface area contributed by atoms with Crippen LogP contribution in [0.2, 0.25) is 0 Å². The molecule has 1 N–H and O–H groups in total. The van der Waals surface area contributed by atoms with Crippen molar-refractivity contribution < 1.29 is 0 Å². The van der Waals surface area contributed by atoms with Gasteiger partial charge in [-0.15, -0.1) is 0 Å². The van der Waals surface area contributed by atoms with Gasteiger partial charge in [-0.3, -0.25) is 4.79 Å². The number of rotatable bonds is 3. The Kier molecular flexibility index (Phi) is 4.62. The van der Waals surface area contributed by atoms with Crippen molar-refractivity contribution >= 4 is 16.4 Å². The summed E-state index contributed by atoms with van der Waals surface area (Å²) in [5, 5.41) is 14.3. The molecule has 2 atom stereocenters. The Labute approximate surface area is 174 Å². The SMILES string of the molecule is CC[C@@H]1C[C@@H](n2ncc3cc(-c4cc(C)c5nc(C)cn5n4)ccc3c2=O)CCN1. The van der Waals surface area contributed by atoms with Gasteiger partial charge in [0.15, 0.2) is 5.65 Å². The van der Waals surface area contributed by atoms with Gasteiger partial charge in [0.2, 0.25) is 0 Å². The van der Waals surface area contributed by atoms with Gasteiger partial charge in [0, 0.05) is 17.0 Å². The normalized spacial score (nSPS) is 19.6. The molecule has 154 valence electrons. The van der Waals surface area contributed by atoms with E-state index in [0.29, 0.717) is 11.4 Å². The molecule has 7 heteroatoms. The highest BCUT2D eigenvalue weighted by atomic mass is 16.1. The summed E-state index contributed by atoms with van der Waals surface area (Å²) < 4.78 is 3.51. The maximum Gasteiger partial charge on any atom is 0.274 e. The topological polar surface area (TPSA) is 77.1 Å². The summed E-state index contributed by atoms with van der Waals surface area (Å²) in [4.78, 5) is 17.7. The smallest absolute Gasteiger partial charge is 0.274 e. The number of piperidine rings is 1. The maximum atomic E-state index is 13.2. The summed E-state index contributed by atoms with van der Waals surface area (Å²) in [6.07, 6.45) is 6.68. The number of nitrogens with zero attached hydrogens (tertiary/aromatic N) is 5. The van der Waals surface area contributed by atoms with E-state index in [2.05, 4.69) is 22.3 Å². The van der Waals surface area contributed by atoms with Gasteiger partial charge in [-0.25, -0.2) is 14.2 Å². The standard InChI is InChI=1S/C23H26N6O/c1-4-18-11-19(7-8-24-18)29-23(30)20-6-5-16(10-17(20)12-25-29)21-9-14(2)22-26-15(3)13-28(22)27-21/h5-6,9-10,12-13,18-19,24H,4,7-8,11H2,1-3H3/t18-,19+/m1/s1. The van der Waals surface area contributed by atoms with Crippen LogP contribution in [0, 0.1) is 13.8 Å². The molecule has 0 radical (unpaired) electrons. The second-order valence-electron chi connectivity index (χ2n) is 8.30. The van der Waals surface area contributed by atoms with E-state index in [9.17, 15) is 4.79 Å². The maximum absolute atomic E-state index is 13.2. The Hall–Kier alpha value is -3.06. The highest BCUT2D eigenvalue weighted by Gasteiger charge is 2.23. The molecule has 0 saturated carbocycles. The average molecular weight is 403 g/mol. The summed E-state index contributed by atoms with van der Waals surface area (Å²) in [5.74, 6) is 0. The van der Waals surface area contributed by atoms with Crippen molar-refractivity contribution in [2.24, 2.45) is 0 Å². The molecule has 4 heterocycles. The predicted octanol–water partition coefficient (Wildman–Crippen LogP) is 3.43. The lowest BCUT2D eigenvalue weighted by molar-refractivity contribution is 0.273. The zero-order valence-corrected chi connectivity index (χ0v) is 17.6. The van der Waals surface area contributed by atoms with E-state index < -0.39 is 0 Å². The number of hydrogen-bond donors (Lipinski definition) is 1. The first-order valence-corrected chi connectivity index (χ1v) is 10.6. The van der Waals surface area contributed by atoms with Crippen LogP contribution >= 0.6 is 0 Å². The molecule has 1 aromatic carbocycles. The van der Waals surface area contributed by atoms with E-state index in [1.807, 2.05) is 55.0 Å². The van der Waals surface area contributed by atoms with Gasteiger partial charge in [0.05, 0.1) is 35.2 Å². The van der Waals surface area contributed by atoms with E-state index >= 15 is 0 Å². The Morgan fingerprint density at radius 2 is 2.10 bits per heavy atom. The molecule has 3 aromatic heterocycles. The van der Waals surface area contributed by atoms with Crippen LogP contribution in [0.3, 0.4) is 0 Å². The largest absolute Gasteiger partial charge is 0.314 e. The van der Waals surface area contributed by atoms with Gasteiger partial charge < -0.3 is 5.32 Å². The minimum Gasteiger partial charge on any atom is -0.314 e. The van der Waals surface area contributed by atoms with Gasteiger partial charge >= 0.3 is 0 Å². The molecule has 7 nitrogen and oxygen atoms in total. The molecule has 1 aliphatic rings. The molecule has 0 aliphatic carbocycles. The minimum atomic E-state index is -0.00868. The summed E-state index contributed by atoms with van der Waals surface area (Å²) in [6, 6.07) is 8.53. The van der Waals surface area contributed by atoms with Crippen LogP contribution in [0.25, 0.3) is 27.7 Å². The van der Waals surface area contributed by atoms with Crippen LogP contribution in [0.4, 0.5) is 0 Å². The average Bonchev–Trinajstić information content (AvgIpc) is 3.14. The van der Waals surface area contributed by atoms with Crippen LogP contribution in [-0.2, 0) is 0 Å². The molecule has 0 amide bonds. The first-order valence-electron chi connectivity index (χ1n) is 10.6. The molecule has 0 spiro atoms. The lowest BCUT2D eigenvalue weighted by Crippen LogP contribution is -2.41. The highest BCUT2D eigenvalue weighted by molar-refractivity contribution is 5.85. The lowest BCUT2D eigenvalue weighted by Gasteiger charge is -2.30. The van der Waals surface area contributed by atoms with Crippen LogP contribution in [-0.4, -0.2) is 37.0 Å². The first-order chi connectivity index (χ1) is 14.5. The monoisotopic (exact) mass is 402 g/mol. The lowest BCUT2D eigenvalue weighted by atomic mass is 9.97. The third-order valence-electron chi connectivity index (χ3n) is 6.14. The summed E-state index contributed by atoms with van der Waals surface area (Å²) in [7, 11) is 0. The first kappa shape index (κ1) is 18.9. The molecule has 0 bridgehead atoms. The number of aryl methyl sites for hydroxylation is 2. The van der Waals surface area contributed by atoms with Crippen LogP contribution in [0.15, 0.2) is 41.5 Å². The van der Waals surface area contributed by atoms with Crippen LogP contribution < -0.4 is 10.9 Å². The number of hydrogen-bond acceptors (Lipinski definition) is 5. The number of aromatic nitrogens is 5. The van der Waals surface area contributed by atoms with Crippen molar-refractivity contribution in [2.45, 2.75) is 52.1 Å². The second-order valence-corrected chi connectivity index (χ2v) is 8.30. The van der Waals surface area contributed by atoms with Gasteiger partial charge in [0.1, 0.15) is 0 Å². The number of fused-ring (bicyclic) bond motifs is 2. The zero-order valence-electron chi connectivity index (χ0n) is 17.6. The van der Waals surface area contributed by atoms with Crippen LogP contribution in [0.1, 0.15) is 43.5 Å². The van der Waals surface area contributed by atoms with Gasteiger partial charge in [-0.2, -0.15) is 10.2 Å². The molecule has 1 saturated heterocycles. The van der Waals surface area contributed by atoms with E-state index in [4.69, 9.17) is 5.10 Å². The van der Waals surface area contributed by atoms with E-state index in [-0.39, 0.29) is 11.6 Å². The Morgan fingerprint density at radius 1 is 1.23 bits per heavy atom. The minimum absolute atomic E-state index is 0.00868. The molecule has 30 heavy (non-hydrogen) atoms. The molecular formula is C23H26N6O. The van der Waals surface area contributed by atoms with Gasteiger partial charge in [0.25, 0.3) is 5.56 Å². The third-order valence-corrected chi connectivity index (χ3v) is 6.14. The fraction of sp³-hybridized carbons (Fsp3) is 0.391. The van der Waals surface area contributed by atoms with Crippen molar-refractivity contribution in [3.8, 4) is 11.3 Å². The fourth-order valence-electron chi connectivity index (χ4n) is 4.49. The second kappa shape index (κ2) is 7.32. The fourth-order valence-corrected chi connectivity index (χ4v) is 4.49. The van der Waals surface area contributed by atoms with Crippen molar-refractivity contribution in [1.29, 1.82) is 0 Å². The van der Waals surface area contributed by atoms with Gasteiger partial charge in [-0.1, -0.05) is 13.0 Å². The van der Waals surface area contributed by atoms with Crippen molar-refractivity contribution in [2.75, 3.05) is 6.54 Å². The van der Waals surface area contributed by atoms with Crippen molar-refractivity contribution in [3.05, 3.63) is 58.3 Å². The summed E-state index contributed by atoms with van der Waals surface area (Å²) in [5.41, 5.74) is 4.69. The zero-order chi connectivity index (χ0) is 20.8.